The van der Waals surface area contributed by atoms with Crippen molar-refractivity contribution < 1.29 is 9.53 Å². The van der Waals surface area contributed by atoms with E-state index in [1.54, 1.807) is 4.68 Å². The molecule has 1 amide bonds. The first kappa shape index (κ1) is 17.9. The first-order valence-electron chi connectivity index (χ1n) is 9.91. The normalized spacial score (nSPS) is 21.4. The molecule has 2 aromatic carbocycles. The molecule has 5 rings (SSSR count). The van der Waals surface area contributed by atoms with E-state index in [4.69, 9.17) is 4.74 Å². The van der Waals surface area contributed by atoms with Crippen LogP contribution in [-0.2, 0) is 13.6 Å². The Hall–Kier alpha value is -3.12. The number of ether oxygens (including phenoxy) is 1. The predicted octanol–water partition coefficient (Wildman–Crippen LogP) is 2.80. The molecule has 2 aliphatic rings. The third-order valence-electron chi connectivity index (χ3n) is 5.91. The number of likely N-dealkylation sites (tertiary alicyclic amines) is 1. The van der Waals surface area contributed by atoms with Gasteiger partial charge in [0.25, 0.3) is 5.91 Å². The summed E-state index contributed by atoms with van der Waals surface area (Å²) in [6, 6.07) is 16.3. The van der Waals surface area contributed by atoms with E-state index in [-0.39, 0.29) is 18.1 Å². The third-order valence-corrected chi connectivity index (χ3v) is 5.91. The van der Waals surface area contributed by atoms with Crippen LogP contribution in [0.25, 0.3) is 11.1 Å². The minimum atomic E-state index is -0.0435. The smallest absolute Gasteiger partial charge is 0.257 e. The fraction of sp³-hybridized carbons (Fsp3) is 0.304. The van der Waals surface area contributed by atoms with Crippen LogP contribution in [0.1, 0.15) is 15.9 Å². The highest BCUT2D eigenvalue weighted by molar-refractivity contribution is 5.98. The molecule has 0 saturated carbocycles. The SMILES string of the molecule is CN1C(=O)c2ccc(-c3cnn(C)c3)cc2O[C@H]2CN(Cc3ccccc3)C[C@H]21. The van der Waals surface area contributed by atoms with Crippen LogP contribution in [0.3, 0.4) is 0 Å². The molecule has 0 bridgehead atoms. The van der Waals surface area contributed by atoms with E-state index in [0.29, 0.717) is 11.3 Å². The maximum Gasteiger partial charge on any atom is 0.257 e. The molecule has 6 nitrogen and oxygen atoms in total. The standard InChI is InChI=1S/C23H24N4O2/c1-25-13-18(11-24-25)17-8-9-19-21(10-17)29-22-15-27(12-16-6-4-3-5-7-16)14-20(22)26(2)23(19)28/h3-11,13,20,22H,12,14-15H2,1-2H3/t20-,22+/m1/s1. The van der Waals surface area contributed by atoms with Crippen LogP contribution >= 0.6 is 0 Å². The van der Waals surface area contributed by atoms with E-state index >= 15 is 0 Å². The van der Waals surface area contributed by atoms with Crippen molar-refractivity contribution in [3.05, 3.63) is 72.1 Å². The van der Waals surface area contributed by atoms with Crippen LogP contribution in [-0.4, -0.2) is 57.8 Å². The highest BCUT2D eigenvalue weighted by Crippen LogP contribution is 2.34. The van der Waals surface area contributed by atoms with Crippen LogP contribution in [0.5, 0.6) is 5.75 Å². The quantitative estimate of drug-likeness (QED) is 0.692. The van der Waals surface area contributed by atoms with E-state index < -0.39 is 0 Å². The van der Waals surface area contributed by atoms with E-state index in [0.717, 1.165) is 30.8 Å². The molecule has 2 atom stereocenters. The summed E-state index contributed by atoms with van der Waals surface area (Å²) in [4.78, 5) is 17.3. The zero-order valence-corrected chi connectivity index (χ0v) is 16.7. The molecule has 29 heavy (non-hydrogen) atoms. The first-order valence-corrected chi connectivity index (χ1v) is 9.91. The Labute approximate surface area is 170 Å². The predicted molar refractivity (Wildman–Crippen MR) is 111 cm³/mol. The lowest BCUT2D eigenvalue weighted by Crippen LogP contribution is -2.44. The topological polar surface area (TPSA) is 50.6 Å². The number of benzene rings is 2. The average molecular weight is 388 g/mol. The summed E-state index contributed by atoms with van der Waals surface area (Å²) in [5.41, 5.74) is 3.92. The van der Waals surface area contributed by atoms with Crippen LogP contribution < -0.4 is 4.74 Å². The number of likely N-dealkylation sites (N-methyl/N-ethyl adjacent to an activating group) is 1. The molecular formula is C23H24N4O2. The fourth-order valence-corrected chi connectivity index (χ4v) is 4.34. The molecule has 0 spiro atoms. The maximum atomic E-state index is 13.1. The number of hydrogen-bond donors (Lipinski definition) is 0. The number of nitrogens with zero attached hydrogens (tertiary/aromatic N) is 4. The molecule has 1 aromatic heterocycles. The van der Waals surface area contributed by atoms with Gasteiger partial charge < -0.3 is 9.64 Å². The first-order chi connectivity index (χ1) is 14.1. The van der Waals surface area contributed by atoms with E-state index in [2.05, 4.69) is 34.3 Å². The van der Waals surface area contributed by atoms with Crippen molar-refractivity contribution in [3.8, 4) is 16.9 Å². The maximum absolute atomic E-state index is 13.1. The molecule has 1 fully saturated rings. The van der Waals surface area contributed by atoms with Gasteiger partial charge in [-0.2, -0.15) is 5.10 Å². The molecule has 1 saturated heterocycles. The van der Waals surface area contributed by atoms with E-state index in [1.165, 1.54) is 5.56 Å². The van der Waals surface area contributed by atoms with Gasteiger partial charge >= 0.3 is 0 Å². The number of aryl methyl sites for hydroxylation is 1. The Morgan fingerprint density at radius 1 is 1.07 bits per heavy atom. The van der Waals surface area contributed by atoms with Crippen molar-refractivity contribution in [3.63, 3.8) is 0 Å². The number of fused-ring (bicyclic) bond motifs is 2. The molecule has 0 radical (unpaired) electrons. The minimum Gasteiger partial charge on any atom is -0.486 e. The summed E-state index contributed by atoms with van der Waals surface area (Å²) in [7, 11) is 3.78. The van der Waals surface area contributed by atoms with Crippen molar-refractivity contribution >= 4 is 5.91 Å². The number of aromatic nitrogens is 2. The summed E-state index contributed by atoms with van der Waals surface area (Å²) >= 11 is 0. The van der Waals surface area contributed by atoms with Crippen LogP contribution in [0.15, 0.2) is 60.9 Å². The second-order valence-corrected chi connectivity index (χ2v) is 7.93. The molecule has 0 N–H and O–H groups in total. The van der Waals surface area contributed by atoms with Crippen LogP contribution in [0.4, 0.5) is 0 Å². The molecular weight excluding hydrogens is 364 g/mol. The number of rotatable bonds is 3. The van der Waals surface area contributed by atoms with Crippen LogP contribution in [0, 0.1) is 0 Å². The summed E-state index contributed by atoms with van der Waals surface area (Å²) in [5, 5.41) is 4.25. The van der Waals surface area contributed by atoms with Gasteiger partial charge in [0.15, 0.2) is 0 Å². The lowest BCUT2D eigenvalue weighted by Gasteiger charge is -2.25. The highest BCUT2D eigenvalue weighted by Gasteiger charge is 2.42. The van der Waals surface area contributed by atoms with Gasteiger partial charge in [-0.1, -0.05) is 36.4 Å². The van der Waals surface area contributed by atoms with Gasteiger partial charge in [-0.25, -0.2) is 0 Å². The molecule has 0 unspecified atom stereocenters. The number of carbonyl (C=O) groups is 1. The lowest BCUT2D eigenvalue weighted by atomic mass is 10.1. The summed E-state index contributed by atoms with van der Waals surface area (Å²) in [6.45, 7) is 2.47. The van der Waals surface area contributed by atoms with Crippen molar-refractivity contribution in [1.82, 2.24) is 19.6 Å². The molecule has 3 aromatic rings. The monoisotopic (exact) mass is 388 g/mol. The van der Waals surface area contributed by atoms with Crippen molar-refractivity contribution in [2.75, 3.05) is 20.1 Å². The van der Waals surface area contributed by atoms with Gasteiger partial charge in [0.05, 0.1) is 17.8 Å². The average Bonchev–Trinajstić information content (AvgIpc) is 3.31. The van der Waals surface area contributed by atoms with Gasteiger partial charge in [-0.15, -0.1) is 0 Å². The Balaban J connectivity index is 1.43. The molecule has 2 aliphatic heterocycles. The zero-order chi connectivity index (χ0) is 20.0. The van der Waals surface area contributed by atoms with Crippen molar-refractivity contribution in [2.24, 2.45) is 7.05 Å². The fourth-order valence-electron chi connectivity index (χ4n) is 4.34. The van der Waals surface area contributed by atoms with Gasteiger partial charge in [-0.3, -0.25) is 14.4 Å². The Morgan fingerprint density at radius 2 is 1.90 bits per heavy atom. The van der Waals surface area contributed by atoms with E-state index in [1.807, 2.05) is 55.7 Å². The molecule has 0 aliphatic carbocycles. The third kappa shape index (κ3) is 3.29. The summed E-state index contributed by atoms with van der Waals surface area (Å²) in [6.07, 6.45) is 3.75. The van der Waals surface area contributed by atoms with E-state index in [9.17, 15) is 4.79 Å². The Morgan fingerprint density at radius 3 is 2.66 bits per heavy atom. The largest absolute Gasteiger partial charge is 0.486 e. The van der Waals surface area contributed by atoms with Gasteiger partial charge in [0, 0.05) is 45.5 Å². The lowest BCUT2D eigenvalue weighted by molar-refractivity contribution is 0.0682. The van der Waals surface area contributed by atoms with Gasteiger partial charge in [-0.05, 0) is 23.3 Å². The highest BCUT2D eigenvalue weighted by atomic mass is 16.5. The molecule has 148 valence electrons. The summed E-state index contributed by atoms with van der Waals surface area (Å²) in [5.74, 6) is 0.684. The Bertz CT molecular complexity index is 1050. The number of hydrogen-bond acceptors (Lipinski definition) is 4. The Kier molecular flexibility index (Phi) is 4.36. The molecule has 3 heterocycles. The van der Waals surface area contributed by atoms with Gasteiger partial charge in [0.2, 0.25) is 0 Å². The summed E-state index contributed by atoms with van der Waals surface area (Å²) < 4.78 is 8.20. The zero-order valence-electron chi connectivity index (χ0n) is 16.7. The van der Waals surface area contributed by atoms with Gasteiger partial charge in [0.1, 0.15) is 11.9 Å². The number of carbonyl (C=O) groups excluding carboxylic acids is 1. The van der Waals surface area contributed by atoms with Crippen molar-refractivity contribution in [1.29, 1.82) is 0 Å². The van der Waals surface area contributed by atoms with Crippen molar-refractivity contribution in [2.45, 2.75) is 18.7 Å². The minimum absolute atomic E-state index is 0.0202. The second-order valence-electron chi connectivity index (χ2n) is 7.93. The van der Waals surface area contributed by atoms with Crippen LogP contribution in [0.2, 0.25) is 0 Å². The number of amides is 1. The second kappa shape index (κ2) is 7.04. The molecule has 6 heteroatoms.